The van der Waals surface area contributed by atoms with E-state index in [1.807, 2.05) is 79.7 Å². The molecule has 0 spiro atoms. The van der Waals surface area contributed by atoms with Gasteiger partial charge in [-0.05, 0) is 29.2 Å². The van der Waals surface area contributed by atoms with Gasteiger partial charge in [0.1, 0.15) is 0 Å². The zero-order chi connectivity index (χ0) is 21.2. The van der Waals surface area contributed by atoms with Crippen LogP contribution in [0.1, 0.15) is 30.9 Å². The van der Waals surface area contributed by atoms with E-state index in [1.54, 1.807) is 0 Å². The fourth-order valence-corrected chi connectivity index (χ4v) is 2.91. The molecule has 0 aliphatic carbocycles. The predicted molar refractivity (Wildman–Crippen MR) is 120 cm³/mol. The molecule has 0 aromatic heterocycles. The van der Waals surface area contributed by atoms with Crippen LogP contribution in [0.3, 0.4) is 0 Å². The van der Waals surface area contributed by atoms with Crippen molar-refractivity contribution in [3.8, 4) is 11.1 Å². The van der Waals surface area contributed by atoms with Gasteiger partial charge in [0.15, 0.2) is 0 Å². The van der Waals surface area contributed by atoms with E-state index < -0.39 is 0 Å². The summed E-state index contributed by atoms with van der Waals surface area (Å²) in [6.45, 7) is 2.29. The Morgan fingerprint density at radius 2 is 1.30 bits per heavy atom. The number of benzene rings is 3. The van der Waals surface area contributed by atoms with Crippen LogP contribution in [-0.4, -0.2) is 17.5 Å². The maximum atomic E-state index is 12.0. The van der Waals surface area contributed by atoms with E-state index in [2.05, 4.69) is 28.0 Å². The lowest BCUT2D eigenvalue weighted by Crippen LogP contribution is -2.26. The van der Waals surface area contributed by atoms with Gasteiger partial charge in [0.25, 0.3) is 0 Å². The number of hydrogen-bond acceptors (Lipinski definition) is 3. The molecule has 5 nitrogen and oxygen atoms in total. The highest BCUT2D eigenvalue weighted by Crippen LogP contribution is 2.19. The van der Waals surface area contributed by atoms with Gasteiger partial charge in [-0.15, -0.1) is 0 Å². The molecule has 30 heavy (non-hydrogen) atoms. The zero-order valence-corrected chi connectivity index (χ0v) is 17.0. The van der Waals surface area contributed by atoms with Crippen molar-refractivity contribution in [1.82, 2.24) is 10.7 Å². The average Bonchev–Trinajstić information content (AvgIpc) is 2.81. The number of hydrazone groups is 1. The Bertz CT molecular complexity index is 998. The van der Waals surface area contributed by atoms with Crippen molar-refractivity contribution in [3.63, 3.8) is 0 Å². The van der Waals surface area contributed by atoms with E-state index in [-0.39, 0.29) is 24.7 Å². The van der Waals surface area contributed by atoms with Gasteiger partial charge in [-0.2, -0.15) is 5.10 Å². The van der Waals surface area contributed by atoms with Crippen molar-refractivity contribution in [2.24, 2.45) is 5.10 Å². The van der Waals surface area contributed by atoms with E-state index in [4.69, 9.17) is 0 Å². The van der Waals surface area contributed by atoms with Crippen molar-refractivity contribution in [2.45, 2.75) is 26.3 Å². The smallest absolute Gasteiger partial charge is 0.240 e. The standard InChI is InChI=1S/C25H25N3O2/c1-19(21-12-14-23(15-13-21)22-10-6-3-7-11-22)27-28-25(30)17-16-24(29)26-18-20-8-4-2-5-9-20/h2-15H,16-18H2,1H3,(H,26,29)(H,28,30). The summed E-state index contributed by atoms with van der Waals surface area (Å²) in [5, 5.41) is 6.96. The Balaban J connectivity index is 1.44. The largest absolute Gasteiger partial charge is 0.352 e. The Morgan fingerprint density at radius 3 is 1.97 bits per heavy atom. The van der Waals surface area contributed by atoms with Crippen molar-refractivity contribution in [3.05, 3.63) is 96.1 Å². The molecular weight excluding hydrogens is 374 g/mol. The van der Waals surface area contributed by atoms with Gasteiger partial charge < -0.3 is 5.32 Å². The molecule has 3 rings (SSSR count). The number of nitrogens with zero attached hydrogens (tertiary/aromatic N) is 1. The summed E-state index contributed by atoms with van der Waals surface area (Å²) in [4.78, 5) is 23.9. The van der Waals surface area contributed by atoms with Crippen molar-refractivity contribution >= 4 is 17.5 Å². The second-order valence-corrected chi connectivity index (χ2v) is 6.94. The number of hydrogen-bond donors (Lipinski definition) is 2. The summed E-state index contributed by atoms with van der Waals surface area (Å²) in [5.74, 6) is -0.448. The van der Waals surface area contributed by atoms with Crippen LogP contribution < -0.4 is 10.7 Å². The summed E-state index contributed by atoms with van der Waals surface area (Å²) in [7, 11) is 0. The molecular formula is C25H25N3O2. The third-order valence-corrected chi connectivity index (χ3v) is 4.67. The Hall–Kier alpha value is -3.73. The van der Waals surface area contributed by atoms with E-state index >= 15 is 0 Å². The predicted octanol–water partition coefficient (Wildman–Crippen LogP) is 4.29. The molecule has 152 valence electrons. The van der Waals surface area contributed by atoms with Gasteiger partial charge in [-0.3, -0.25) is 9.59 Å². The van der Waals surface area contributed by atoms with Crippen LogP contribution in [-0.2, 0) is 16.1 Å². The highest BCUT2D eigenvalue weighted by molar-refractivity contribution is 5.99. The van der Waals surface area contributed by atoms with Gasteiger partial charge >= 0.3 is 0 Å². The second kappa shape index (κ2) is 10.7. The van der Waals surface area contributed by atoms with Gasteiger partial charge in [0.2, 0.25) is 11.8 Å². The van der Waals surface area contributed by atoms with Crippen molar-refractivity contribution in [2.75, 3.05) is 0 Å². The van der Waals surface area contributed by atoms with E-state index in [0.717, 1.165) is 22.3 Å². The van der Waals surface area contributed by atoms with Gasteiger partial charge in [0.05, 0.1) is 5.71 Å². The lowest BCUT2D eigenvalue weighted by atomic mass is 10.0. The number of rotatable bonds is 8. The summed E-state index contributed by atoms with van der Waals surface area (Å²) >= 11 is 0. The first-order chi connectivity index (χ1) is 14.6. The molecule has 2 N–H and O–H groups in total. The van der Waals surface area contributed by atoms with Crippen molar-refractivity contribution < 1.29 is 9.59 Å². The number of carbonyl (C=O) groups is 2. The minimum atomic E-state index is -0.287. The molecule has 0 saturated carbocycles. The fourth-order valence-electron chi connectivity index (χ4n) is 2.91. The Morgan fingerprint density at radius 1 is 0.733 bits per heavy atom. The van der Waals surface area contributed by atoms with Crippen molar-refractivity contribution in [1.29, 1.82) is 0 Å². The lowest BCUT2D eigenvalue weighted by Gasteiger charge is -2.06. The second-order valence-electron chi connectivity index (χ2n) is 6.94. The molecule has 0 unspecified atom stereocenters. The topological polar surface area (TPSA) is 70.6 Å². The minimum absolute atomic E-state index is 0.0876. The van der Waals surface area contributed by atoms with Crippen LogP contribution in [0.2, 0.25) is 0 Å². The highest BCUT2D eigenvalue weighted by atomic mass is 16.2. The first kappa shape index (κ1) is 21.0. The maximum Gasteiger partial charge on any atom is 0.240 e. The molecule has 5 heteroatoms. The molecule has 2 amide bonds. The van der Waals surface area contributed by atoms with E-state index in [9.17, 15) is 9.59 Å². The lowest BCUT2D eigenvalue weighted by molar-refractivity contribution is -0.126. The summed E-state index contributed by atoms with van der Waals surface area (Å²) in [6, 6.07) is 27.8. The number of amides is 2. The number of carbonyl (C=O) groups excluding carboxylic acids is 2. The third-order valence-electron chi connectivity index (χ3n) is 4.67. The minimum Gasteiger partial charge on any atom is -0.352 e. The molecule has 0 bridgehead atoms. The van der Waals surface area contributed by atoms with Crippen LogP contribution in [0.4, 0.5) is 0 Å². The van der Waals surface area contributed by atoms with E-state index in [0.29, 0.717) is 12.3 Å². The first-order valence-electron chi connectivity index (χ1n) is 9.91. The highest BCUT2D eigenvalue weighted by Gasteiger charge is 2.07. The van der Waals surface area contributed by atoms with Crippen LogP contribution in [0.5, 0.6) is 0 Å². The zero-order valence-electron chi connectivity index (χ0n) is 17.0. The Kier molecular flexibility index (Phi) is 7.50. The SMILES string of the molecule is CC(=NNC(=O)CCC(=O)NCc1ccccc1)c1ccc(-c2ccccc2)cc1. The molecule has 0 saturated heterocycles. The van der Waals surface area contributed by atoms with Crippen LogP contribution in [0, 0.1) is 0 Å². The van der Waals surface area contributed by atoms with Crippen LogP contribution in [0.25, 0.3) is 11.1 Å². The molecule has 0 fully saturated rings. The third kappa shape index (κ3) is 6.41. The normalized spacial score (nSPS) is 11.0. The molecule has 0 aliphatic heterocycles. The van der Waals surface area contributed by atoms with E-state index in [1.165, 1.54) is 0 Å². The molecule has 3 aromatic rings. The van der Waals surface area contributed by atoms with Crippen LogP contribution in [0.15, 0.2) is 90.0 Å². The molecule has 0 radical (unpaired) electrons. The molecule has 0 atom stereocenters. The Labute approximate surface area is 176 Å². The monoisotopic (exact) mass is 399 g/mol. The van der Waals surface area contributed by atoms with Gasteiger partial charge in [0, 0.05) is 19.4 Å². The fraction of sp³-hybridized carbons (Fsp3) is 0.160. The first-order valence-corrected chi connectivity index (χ1v) is 9.91. The molecule has 0 heterocycles. The quantitative estimate of drug-likeness (QED) is 0.438. The summed E-state index contributed by atoms with van der Waals surface area (Å²) in [6.07, 6.45) is 0.212. The van der Waals surface area contributed by atoms with Gasteiger partial charge in [-0.1, -0.05) is 84.9 Å². The summed E-state index contributed by atoms with van der Waals surface area (Å²) in [5.41, 5.74) is 7.45. The molecule has 0 aliphatic rings. The maximum absolute atomic E-state index is 12.0. The van der Waals surface area contributed by atoms with Gasteiger partial charge in [-0.25, -0.2) is 5.43 Å². The summed E-state index contributed by atoms with van der Waals surface area (Å²) < 4.78 is 0. The van der Waals surface area contributed by atoms with Crippen LogP contribution >= 0.6 is 0 Å². The molecule has 3 aromatic carbocycles. The number of nitrogens with one attached hydrogen (secondary N) is 2. The average molecular weight is 399 g/mol.